The van der Waals surface area contributed by atoms with E-state index < -0.39 is 12.1 Å². The van der Waals surface area contributed by atoms with Gasteiger partial charge in [0.05, 0.1) is 6.20 Å². The lowest BCUT2D eigenvalue weighted by Gasteiger charge is -2.13. The highest BCUT2D eigenvalue weighted by Crippen LogP contribution is 2.10. The van der Waals surface area contributed by atoms with E-state index >= 15 is 0 Å². The molecule has 0 fully saturated rings. The second-order valence-electron chi connectivity index (χ2n) is 3.37. The van der Waals surface area contributed by atoms with Crippen molar-refractivity contribution in [2.24, 2.45) is 0 Å². The number of halogens is 1. The van der Waals surface area contributed by atoms with Crippen molar-refractivity contribution in [3.05, 3.63) is 24.3 Å². The average molecular weight is 226 g/mol. The van der Waals surface area contributed by atoms with Crippen LogP contribution in [0.5, 0.6) is 5.75 Å². The van der Waals surface area contributed by atoms with E-state index in [2.05, 4.69) is 10.3 Å². The molecule has 1 aromatic heterocycles. The van der Waals surface area contributed by atoms with Crippen molar-refractivity contribution in [3.8, 4) is 5.75 Å². The van der Waals surface area contributed by atoms with E-state index in [0.29, 0.717) is 12.3 Å². The van der Waals surface area contributed by atoms with E-state index in [1.165, 1.54) is 18.3 Å². The molecule has 1 rings (SSSR count). The summed E-state index contributed by atoms with van der Waals surface area (Å²) in [6.45, 7) is 4.22. The van der Waals surface area contributed by atoms with Gasteiger partial charge in [0.1, 0.15) is 5.75 Å². The van der Waals surface area contributed by atoms with Crippen molar-refractivity contribution in [2.45, 2.75) is 26.4 Å². The van der Waals surface area contributed by atoms with Crippen molar-refractivity contribution < 1.29 is 13.9 Å². The Bertz CT molecular complexity index is 340. The van der Waals surface area contributed by atoms with Crippen LogP contribution in [0.3, 0.4) is 0 Å². The summed E-state index contributed by atoms with van der Waals surface area (Å²) in [6, 6.07) is 2.62. The zero-order valence-electron chi connectivity index (χ0n) is 9.37. The van der Waals surface area contributed by atoms with Crippen molar-refractivity contribution in [1.82, 2.24) is 10.3 Å². The summed E-state index contributed by atoms with van der Waals surface area (Å²) in [4.78, 5) is 14.9. The van der Waals surface area contributed by atoms with Gasteiger partial charge >= 0.3 is 0 Å². The Morgan fingerprint density at radius 3 is 2.94 bits per heavy atom. The van der Waals surface area contributed by atoms with Crippen molar-refractivity contribution in [2.75, 3.05) is 6.54 Å². The third-order valence-corrected chi connectivity index (χ3v) is 1.93. The molecule has 5 heteroatoms. The number of nitrogens with zero attached hydrogens (tertiary/aromatic N) is 1. The number of carbonyl (C=O) groups excluding carboxylic acids is 1. The monoisotopic (exact) mass is 226 g/mol. The summed E-state index contributed by atoms with van der Waals surface area (Å²) in [6.07, 6.45) is 1.51. The Kier molecular flexibility index (Phi) is 4.69. The first-order valence-electron chi connectivity index (χ1n) is 5.19. The number of ether oxygens (including phenoxy) is 1. The van der Waals surface area contributed by atoms with Gasteiger partial charge in [0.2, 0.25) is 5.95 Å². The largest absolute Gasteiger partial charge is 0.479 e. The first kappa shape index (κ1) is 12.4. The number of aromatic nitrogens is 1. The maximum Gasteiger partial charge on any atom is 0.260 e. The molecule has 1 atom stereocenters. The molecule has 1 unspecified atom stereocenters. The highest BCUT2D eigenvalue weighted by atomic mass is 19.1. The van der Waals surface area contributed by atoms with Crippen LogP contribution in [-0.2, 0) is 4.79 Å². The summed E-state index contributed by atoms with van der Waals surface area (Å²) in [5, 5.41) is 2.71. The summed E-state index contributed by atoms with van der Waals surface area (Å²) >= 11 is 0. The van der Waals surface area contributed by atoms with Crippen molar-refractivity contribution >= 4 is 5.91 Å². The molecule has 88 valence electrons. The van der Waals surface area contributed by atoms with E-state index in [-0.39, 0.29) is 5.91 Å². The van der Waals surface area contributed by atoms with Gasteiger partial charge in [-0.1, -0.05) is 6.92 Å². The highest BCUT2D eigenvalue weighted by molar-refractivity contribution is 5.80. The normalized spacial score (nSPS) is 11.9. The summed E-state index contributed by atoms with van der Waals surface area (Å²) in [5.41, 5.74) is 0. The standard InChI is InChI=1S/C11H15FN2O2/c1-3-6-13-11(15)8(2)16-9-4-5-10(12)14-7-9/h4-5,7-8H,3,6H2,1-2H3,(H,13,15). The number of pyridine rings is 1. The number of hydrogen-bond acceptors (Lipinski definition) is 3. The van der Waals surface area contributed by atoms with Gasteiger partial charge in [0.25, 0.3) is 5.91 Å². The fraction of sp³-hybridized carbons (Fsp3) is 0.455. The van der Waals surface area contributed by atoms with Crippen molar-refractivity contribution in [3.63, 3.8) is 0 Å². The van der Waals surface area contributed by atoms with E-state index in [0.717, 1.165) is 6.42 Å². The quantitative estimate of drug-likeness (QED) is 0.774. The molecule has 1 N–H and O–H groups in total. The van der Waals surface area contributed by atoms with Crippen LogP contribution in [0.4, 0.5) is 4.39 Å². The minimum absolute atomic E-state index is 0.189. The zero-order valence-corrected chi connectivity index (χ0v) is 9.37. The summed E-state index contributed by atoms with van der Waals surface area (Å²) < 4.78 is 17.8. The molecule has 16 heavy (non-hydrogen) atoms. The Balaban J connectivity index is 2.47. The second kappa shape index (κ2) is 6.05. The molecule has 0 aliphatic heterocycles. The smallest absolute Gasteiger partial charge is 0.260 e. The van der Waals surface area contributed by atoms with Crippen LogP contribution < -0.4 is 10.1 Å². The maximum absolute atomic E-state index is 12.5. The maximum atomic E-state index is 12.5. The van der Waals surface area contributed by atoms with Gasteiger partial charge in [0.15, 0.2) is 6.10 Å². The first-order chi connectivity index (χ1) is 7.63. The number of hydrogen-bond donors (Lipinski definition) is 1. The molecule has 0 saturated carbocycles. The van der Waals surface area contributed by atoms with E-state index in [1.807, 2.05) is 6.92 Å². The minimum atomic E-state index is -0.612. The highest BCUT2D eigenvalue weighted by Gasteiger charge is 2.13. The van der Waals surface area contributed by atoms with E-state index in [1.54, 1.807) is 6.92 Å². The van der Waals surface area contributed by atoms with Crippen LogP contribution >= 0.6 is 0 Å². The van der Waals surface area contributed by atoms with E-state index in [9.17, 15) is 9.18 Å². The number of amides is 1. The number of nitrogens with one attached hydrogen (secondary N) is 1. The predicted molar refractivity (Wildman–Crippen MR) is 57.6 cm³/mol. The predicted octanol–water partition coefficient (Wildman–Crippen LogP) is 1.51. The molecule has 4 nitrogen and oxygen atoms in total. The molecule has 0 aliphatic rings. The van der Waals surface area contributed by atoms with Crippen LogP contribution in [0.2, 0.25) is 0 Å². The molecule has 0 saturated heterocycles. The lowest BCUT2D eigenvalue weighted by atomic mass is 10.3. The van der Waals surface area contributed by atoms with Gasteiger partial charge < -0.3 is 10.1 Å². The fourth-order valence-electron chi connectivity index (χ4n) is 1.08. The lowest BCUT2D eigenvalue weighted by Crippen LogP contribution is -2.36. The van der Waals surface area contributed by atoms with Gasteiger partial charge in [-0.3, -0.25) is 4.79 Å². The average Bonchev–Trinajstić information content (AvgIpc) is 2.29. The molecular formula is C11H15FN2O2. The third kappa shape index (κ3) is 3.84. The minimum Gasteiger partial charge on any atom is -0.479 e. The topological polar surface area (TPSA) is 51.2 Å². The molecular weight excluding hydrogens is 211 g/mol. The van der Waals surface area contributed by atoms with Crippen LogP contribution in [0, 0.1) is 5.95 Å². The van der Waals surface area contributed by atoms with Crippen LogP contribution in [0.15, 0.2) is 18.3 Å². The van der Waals surface area contributed by atoms with Crippen LogP contribution in [0.1, 0.15) is 20.3 Å². The molecule has 1 aromatic rings. The number of rotatable bonds is 5. The van der Waals surface area contributed by atoms with Crippen molar-refractivity contribution in [1.29, 1.82) is 0 Å². The second-order valence-corrected chi connectivity index (χ2v) is 3.37. The molecule has 0 aromatic carbocycles. The molecule has 1 amide bonds. The third-order valence-electron chi connectivity index (χ3n) is 1.93. The van der Waals surface area contributed by atoms with Gasteiger partial charge in [-0.25, -0.2) is 4.98 Å². The summed E-state index contributed by atoms with van der Waals surface area (Å²) in [5.74, 6) is -0.387. The zero-order chi connectivity index (χ0) is 12.0. The van der Waals surface area contributed by atoms with Crippen LogP contribution in [-0.4, -0.2) is 23.5 Å². The molecule has 0 aliphatic carbocycles. The van der Waals surface area contributed by atoms with Gasteiger partial charge in [-0.15, -0.1) is 0 Å². The first-order valence-corrected chi connectivity index (χ1v) is 5.19. The fourth-order valence-corrected chi connectivity index (χ4v) is 1.08. The van der Waals surface area contributed by atoms with Gasteiger partial charge in [-0.05, 0) is 25.5 Å². The van der Waals surface area contributed by atoms with Gasteiger partial charge in [0, 0.05) is 6.54 Å². The van der Waals surface area contributed by atoms with Gasteiger partial charge in [-0.2, -0.15) is 4.39 Å². The van der Waals surface area contributed by atoms with Crippen LogP contribution in [0.25, 0.3) is 0 Å². The Hall–Kier alpha value is -1.65. The summed E-state index contributed by atoms with van der Waals surface area (Å²) in [7, 11) is 0. The molecule has 0 radical (unpaired) electrons. The van der Waals surface area contributed by atoms with E-state index in [4.69, 9.17) is 4.74 Å². The lowest BCUT2D eigenvalue weighted by molar-refractivity contribution is -0.127. The Morgan fingerprint density at radius 2 is 2.38 bits per heavy atom. The Labute approximate surface area is 93.8 Å². The molecule has 1 heterocycles. The Morgan fingerprint density at radius 1 is 1.62 bits per heavy atom. The molecule has 0 spiro atoms. The number of carbonyl (C=O) groups is 1. The molecule has 0 bridgehead atoms. The SMILES string of the molecule is CCCNC(=O)C(C)Oc1ccc(F)nc1.